The van der Waals surface area contributed by atoms with Crippen LogP contribution in [0, 0.1) is 17.7 Å². The number of benzene rings is 1. The molecule has 0 saturated heterocycles. The molecule has 0 spiro atoms. The molecule has 8 nitrogen and oxygen atoms in total. The number of nitrogens with zero attached hydrogens (tertiary/aromatic N) is 2. The number of halogens is 1. The Morgan fingerprint density at radius 2 is 1.94 bits per heavy atom. The van der Waals surface area contributed by atoms with Gasteiger partial charge in [0.05, 0.1) is 6.54 Å². The van der Waals surface area contributed by atoms with Gasteiger partial charge in [0.2, 0.25) is 5.91 Å². The summed E-state index contributed by atoms with van der Waals surface area (Å²) in [6, 6.07) is 4.89. The summed E-state index contributed by atoms with van der Waals surface area (Å²) in [6.07, 6.45) is 9.00. The van der Waals surface area contributed by atoms with Crippen LogP contribution in [0.15, 0.2) is 48.6 Å². The minimum absolute atomic E-state index is 0.0476. The van der Waals surface area contributed by atoms with Crippen LogP contribution >= 0.6 is 0 Å². The number of amides is 5. The van der Waals surface area contributed by atoms with Crippen LogP contribution in [0.2, 0.25) is 0 Å². The van der Waals surface area contributed by atoms with Crippen LogP contribution in [0.1, 0.15) is 39.5 Å². The van der Waals surface area contributed by atoms with Crippen LogP contribution in [0.5, 0.6) is 0 Å². The Labute approximate surface area is 204 Å². The van der Waals surface area contributed by atoms with Gasteiger partial charge >= 0.3 is 11.9 Å². The number of urea groups is 1. The lowest BCUT2D eigenvalue weighted by Gasteiger charge is -2.26. The maximum atomic E-state index is 13.4. The van der Waals surface area contributed by atoms with E-state index in [0.717, 1.165) is 11.3 Å². The lowest BCUT2D eigenvalue weighted by atomic mass is 9.94. The molecule has 0 fully saturated rings. The molecule has 3 rings (SSSR count). The van der Waals surface area contributed by atoms with Crippen molar-refractivity contribution in [1.29, 1.82) is 0 Å². The molecule has 1 aromatic carbocycles. The first-order valence-corrected chi connectivity index (χ1v) is 11.9. The fourth-order valence-electron chi connectivity index (χ4n) is 3.94. The third kappa shape index (κ3) is 7.18. The standard InChI is InChI=1S/C26H31FN4O4/c1-18(2)13-14-28-23(32)12-5-6-15-30-25(34)21-10-3-4-11-22(21)31(26(30)35)17-24(33)29-20-9-7-8-19(27)16-20/h3-4,7-11,16,18,21H,5-6,12-15,17H2,1-2H3,(H-,28,29,32,33)/p+1. The summed E-state index contributed by atoms with van der Waals surface area (Å²) < 4.78 is 14.7. The summed E-state index contributed by atoms with van der Waals surface area (Å²) in [7, 11) is 0. The van der Waals surface area contributed by atoms with Crippen molar-refractivity contribution in [3.8, 4) is 0 Å². The Bertz CT molecular complexity index is 1080. The number of hydrogen-bond donors (Lipinski definition) is 2. The van der Waals surface area contributed by atoms with Gasteiger partial charge in [-0.25, -0.2) is 9.18 Å². The molecule has 0 bridgehead atoms. The van der Waals surface area contributed by atoms with Crippen molar-refractivity contribution in [1.82, 2.24) is 10.2 Å². The molecular weight excluding hydrogens is 451 g/mol. The van der Waals surface area contributed by atoms with E-state index in [1.54, 1.807) is 30.4 Å². The maximum Gasteiger partial charge on any atom is 0.501 e. The van der Waals surface area contributed by atoms with Gasteiger partial charge in [-0.05, 0) is 49.5 Å². The van der Waals surface area contributed by atoms with Crippen LogP contribution in [0.3, 0.4) is 0 Å². The Morgan fingerprint density at radius 3 is 2.69 bits per heavy atom. The fraction of sp³-hybridized carbons (Fsp3) is 0.423. The summed E-state index contributed by atoms with van der Waals surface area (Å²) in [5.74, 6) is -1.56. The molecule has 1 unspecified atom stereocenters. The molecule has 1 aliphatic carbocycles. The largest absolute Gasteiger partial charge is 0.501 e. The van der Waals surface area contributed by atoms with Crippen molar-refractivity contribution in [3.05, 3.63) is 54.4 Å². The summed E-state index contributed by atoms with van der Waals surface area (Å²) in [5.41, 5.74) is 0.706. The van der Waals surface area contributed by atoms with Crippen LogP contribution in [-0.2, 0) is 14.4 Å². The first kappa shape index (κ1) is 26.0. The predicted octanol–water partition coefficient (Wildman–Crippen LogP) is 3.25. The quantitative estimate of drug-likeness (QED) is 0.373. The Balaban J connectivity index is 1.62. The van der Waals surface area contributed by atoms with E-state index in [4.69, 9.17) is 0 Å². The minimum atomic E-state index is -0.668. The molecular formula is C26H32FN4O4+. The number of carbonyl (C=O) groups is 4. The van der Waals surface area contributed by atoms with E-state index in [0.29, 0.717) is 37.4 Å². The van der Waals surface area contributed by atoms with E-state index in [1.807, 2.05) is 0 Å². The Kier molecular flexibility index (Phi) is 9.05. The molecule has 0 radical (unpaired) electrons. The van der Waals surface area contributed by atoms with E-state index >= 15 is 0 Å². The van der Waals surface area contributed by atoms with E-state index in [2.05, 4.69) is 24.5 Å². The molecule has 5 amide bonds. The van der Waals surface area contributed by atoms with Gasteiger partial charge in [0.1, 0.15) is 17.4 Å². The predicted molar refractivity (Wildman–Crippen MR) is 130 cm³/mol. The zero-order valence-electron chi connectivity index (χ0n) is 20.1. The third-order valence-corrected chi connectivity index (χ3v) is 5.80. The molecule has 9 heteroatoms. The van der Waals surface area contributed by atoms with E-state index in [9.17, 15) is 23.6 Å². The topological polar surface area (TPSA) is 98.6 Å². The van der Waals surface area contributed by atoms with Crippen LogP contribution < -0.4 is 10.6 Å². The van der Waals surface area contributed by atoms with Gasteiger partial charge in [-0.2, -0.15) is 14.3 Å². The summed E-state index contributed by atoms with van der Waals surface area (Å²) >= 11 is 0. The second-order valence-corrected chi connectivity index (χ2v) is 9.05. The summed E-state index contributed by atoms with van der Waals surface area (Å²) in [5, 5.41) is 5.46. The first-order valence-electron chi connectivity index (χ1n) is 11.9. The number of unbranched alkanes of at least 4 members (excludes halogenated alkanes) is 1. The highest BCUT2D eigenvalue weighted by Gasteiger charge is 2.46. The minimum Gasteiger partial charge on any atom is -0.356 e. The molecule has 186 valence electrons. The lowest BCUT2D eigenvalue weighted by Crippen LogP contribution is -2.55. The smallest absolute Gasteiger partial charge is 0.356 e. The SMILES string of the molecule is CC(C)CCNC(=O)CCCCN1C(=O)C2C=CC=CC2=[N+](CC(=O)Nc2cccc(F)c2)C1=O. The van der Waals surface area contributed by atoms with Crippen molar-refractivity contribution in [2.24, 2.45) is 11.8 Å². The molecule has 0 saturated carbocycles. The molecule has 35 heavy (non-hydrogen) atoms. The average Bonchev–Trinajstić information content (AvgIpc) is 2.81. The van der Waals surface area contributed by atoms with Crippen molar-refractivity contribution < 1.29 is 28.1 Å². The second kappa shape index (κ2) is 12.2. The fourth-order valence-corrected chi connectivity index (χ4v) is 3.94. The molecule has 1 aliphatic heterocycles. The third-order valence-electron chi connectivity index (χ3n) is 5.80. The average molecular weight is 484 g/mol. The van der Waals surface area contributed by atoms with Gasteiger partial charge in [0.15, 0.2) is 6.54 Å². The molecule has 0 aromatic heterocycles. The highest BCUT2D eigenvalue weighted by atomic mass is 19.1. The molecule has 2 N–H and O–H groups in total. The highest BCUT2D eigenvalue weighted by molar-refractivity contribution is 6.17. The molecule has 1 heterocycles. The van der Waals surface area contributed by atoms with Crippen LogP contribution in [0.4, 0.5) is 14.9 Å². The maximum absolute atomic E-state index is 13.4. The zero-order chi connectivity index (χ0) is 25.4. The van der Waals surface area contributed by atoms with Crippen molar-refractivity contribution >= 4 is 35.2 Å². The zero-order valence-corrected chi connectivity index (χ0v) is 20.1. The van der Waals surface area contributed by atoms with Crippen LogP contribution in [-0.4, -0.2) is 58.6 Å². The number of carbonyl (C=O) groups excluding carboxylic acids is 4. The molecule has 1 aromatic rings. The Morgan fingerprint density at radius 1 is 1.14 bits per heavy atom. The monoisotopic (exact) mass is 483 g/mol. The number of fused-ring (bicyclic) bond motifs is 1. The van der Waals surface area contributed by atoms with Gasteiger partial charge in [0, 0.05) is 18.7 Å². The van der Waals surface area contributed by atoms with Gasteiger partial charge in [-0.1, -0.05) is 38.1 Å². The molecule has 1 atom stereocenters. The number of nitrogens with one attached hydrogen (secondary N) is 2. The highest BCUT2D eigenvalue weighted by Crippen LogP contribution is 2.20. The normalized spacial score (nSPS) is 17.1. The van der Waals surface area contributed by atoms with Gasteiger partial charge in [0.25, 0.3) is 5.91 Å². The number of hydrogen-bond acceptors (Lipinski definition) is 4. The van der Waals surface area contributed by atoms with Crippen molar-refractivity contribution in [2.75, 3.05) is 25.0 Å². The second-order valence-electron chi connectivity index (χ2n) is 9.05. The van der Waals surface area contributed by atoms with Gasteiger partial charge in [-0.15, -0.1) is 0 Å². The Hall–Kier alpha value is -3.62. The lowest BCUT2D eigenvalue weighted by molar-refractivity contribution is -0.427. The molecule has 2 aliphatic rings. The van der Waals surface area contributed by atoms with Gasteiger partial charge < -0.3 is 10.6 Å². The van der Waals surface area contributed by atoms with Gasteiger partial charge in [-0.3, -0.25) is 9.59 Å². The number of imide groups is 1. The van der Waals surface area contributed by atoms with E-state index in [-0.39, 0.29) is 30.6 Å². The van der Waals surface area contributed by atoms with E-state index < -0.39 is 23.7 Å². The number of anilines is 1. The van der Waals surface area contributed by atoms with Crippen molar-refractivity contribution in [3.63, 3.8) is 0 Å². The number of rotatable bonds is 11. The van der Waals surface area contributed by atoms with E-state index in [1.165, 1.54) is 22.8 Å². The van der Waals surface area contributed by atoms with Crippen LogP contribution in [0.25, 0.3) is 0 Å². The first-order chi connectivity index (χ1) is 16.8. The summed E-state index contributed by atoms with van der Waals surface area (Å²) in [6.45, 7) is 4.65. The number of allylic oxidation sites excluding steroid dienone is 3. The summed E-state index contributed by atoms with van der Waals surface area (Å²) in [4.78, 5) is 52.0. The van der Waals surface area contributed by atoms with Crippen molar-refractivity contribution in [2.45, 2.75) is 39.5 Å².